The molecule has 0 unspecified atom stereocenters. The molecular formula is C15H24ClN3O3S. The van der Waals surface area contributed by atoms with Crippen molar-refractivity contribution in [2.45, 2.75) is 32.2 Å². The molecule has 6 nitrogen and oxygen atoms in total. The van der Waals surface area contributed by atoms with Crippen molar-refractivity contribution in [3.63, 3.8) is 0 Å². The number of carbonyl (C=O) groups excluding carboxylic acids is 1. The summed E-state index contributed by atoms with van der Waals surface area (Å²) >= 11 is 0. The van der Waals surface area contributed by atoms with E-state index in [9.17, 15) is 13.2 Å². The zero-order valence-electron chi connectivity index (χ0n) is 13.2. The lowest BCUT2D eigenvalue weighted by Gasteiger charge is -2.24. The molecule has 1 aliphatic rings. The van der Waals surface area contributed by atoms with E-state index in [0.29, 0.717) is 17.7 Å². The molecule has 0 radical (unpaired) electrons. The van der Waals surface area contributed by atoms with Crippen LogP contribution in [0.25, 0.3) is 0 Å². The van der Waals surface area contributed by atoms with E-state index >= 15 is 0 Å². The Labute approximate surface area is 143 Å². The van der Waals surface area contributed by atoms with E-state index < -0.39 is 10.0 Å². The monoisotopic (exact) mass is 361 g/mol. The highest BCUT2D eigenvalue weighted by Crippen LogP contribution is 2.17. The maximum absolute atomic E-state index is 12.4. The standard InChI is InChI=1S/C15H23N3O3S.ClH/c1-2-11-22(20,21)18-14-6-4-3-5-13(14)15(19)17-12-7-9-16-10-8-12;/h3-6,12,16,18H,2,7-11H2,1H3,(H,17,19);1H. The largest absolute Gasteiger partial charge is 0.349 e. The van der Waals surface area contributed by atoms with Gasteiger partial charge in [-0.05, 0) is 44.5 Å². The second-order valence-electron chi connectivity index (χ2n) is 5.46. The van der Waals surface area contributed by atoms with Crippen molar-refractivity contribution in [2.75, 3.05) is 23.6 Å². The van der Waals surface area contributed by atoms with Crippen LogP contribution in [0.3, 0.4) is 0 Å². The number of halogens is 1. The topological polar surface area (TPSA) is 87.3 Å². The number of nitrogens with one attached hydrogen (secondary N) is 3. The number of piperidine rings is 1. The van der Waals surface area contributed by atoms with E-state index in [2.05, 4.69) is 15.4 Å². The van der Waals surface area contributed by atoms with Gasteiger partial charge >= 0.3 is 0 Å². The number of carbonyl (C=O) groups is 1. The van der Waals surface area contributed by atoms with Crippen LogP contribution in [-0.2, 0) is 10.0 Å². The highest BCUT2D eigenvalue weighted by molar-refractivity contribution is 7.92. The summed E-state index contributed by atoms with van der Waals surface area (Å²) in [7, 11) is -3.41. The second-order valence-corrected chi connectivity index (χ2v) is 7.31. The quantitative estimate of drug-likeness (QED) is 0.720. The molecular weight excluding hydrogens is 338 g/mol. The third-order valence-electron chi connectivity index (χ3n) is 3.58. The van der Waals surface area contributed by atoms with Gasteiger partial charge in [-0.2, -0.15) is 0 Å². The Hall–Kier alpha value is -1.31. The molecule has 1 aromatic carbocycles. The Morgan fingerprint density at radius 3 is 2.57 bits per heavy atom. The van der Waals surface area contributed by atoms with Crippen molar-refractivity contribution in [2.24, 2.45) is 0 Å². The first-order valence-electron chi connectivity index (χ1n) is 7.63. The van der Waals surface area contributed by atoms with Crippen LogP contribution in [0.4, 0.5) is 5.69 Å². The van der Waals surface area contributed by atoms with Crippen LogP contribution in [0.1, 0.15) is 36.5 Å². The highest BCUT2D eigenvalue weighted by atomic mass is 35.5. The number of benzene rings is 1. The summed E-state index contributed by atoms with van der Waals surface area (Å²) in [5.74, 6) is -0.196. The first kappa shape index (κ1) is 19.7. The fourth-order valence-corrected chi connectivity index (χ4v) is 3.64. The molecule has 23 heavy (non-hydrogen) atoms. The zero-order chi connectivity index (χ0) is 16.0. The normalized spacial score (nSPS) is 15.5. The number of anilines is 1. The molecule has 8 heteroatoms. The molecule has 3 N–H and O–H groups in total. The minimum absolute atomic E-state index is 0. The molecule has 130 valence electrons. The molecule has 1 amide bonds. The first-order chi connectivity index (χ1) is 10.5. The van der Waals surface area contributed by atoms with Gasteiger partial charge in [0.25, 0.3) is 5.91 Å². The van der Waals surface area contributed by atoms with Gasteiger partial charge in [0, 0.05) is 6.04 Å². The molecule has 0 bridgehead atoms. The molecule has 1 aliphatic heterocycles. The van der Waals surface area contributed by atoms with Crippen LogP contribution < -0.4 is 15.4 Å². The van der Waals surface area contributed by atoms with E-state index in [4.69, 9.17) is 0 Å². The molecule has 0 aliphatic carbocycles. The Kier molecular flexibility index (Phi) is 7.81. The van der Waals surface area contributed by atoms with Crippen molar-refractivity contribution in [3.8, 4) is 0 Å². The van der Waals surface area contributed by atoms with Crippen LogP contribution in [0.15, 0.2) is 24.3 Å². The first-order valence-corrected chi connectivity index (χ1v) is 9.28. The van der Waals surface area contributed by atoms with Gasteiger partial charge in [-0.25, -0.2) is 8.42 Å². The number of para-hydroxylation sites is 1. The zero-order valence-corrected chi connectivity index (χ0v) is 14.8. The average Bonchev–Trinajstić information content (AvgIpc) is 2.48. The number of hydrogen-bond donors (Lipinski definition) is 3. The third kappa shape index (κ3) is 6.01. The van der Waals surface area contributed by atoms with Crippen LogP contribution in [0.5, 0.6) is 0 Å². The van der Waals surface area contributed by atoms with Crippen molar-refractivity contribution in [1.82, 2.24) is 10.6 Å². The Balaban J connectivity index is 0.00000264. The van der Waals surface area contributed by atoms with Gasteiger partial charge in [0.15, 0.2) is 0 Å². The fraction of sp³-hybridized carbons (Fsp3) is 0.533. The van der Waals surface area contributed by atoms with Crippen molar-refractivity contribution in [3.05, 3.63) is 29.8 Å². The highest BCUT2D eigenvalue weighted by Gasteiger charge is 2.19. The summed E-state index contributed by atoms with van der Waals surface area (Å²) in [5.41, 5.74) is 0.697. The Morgan fingerprint density at radius 1 is 1.26 bits per heavy atom. The van der Waals surface area contributed by atoms with Gasteiger partial charge < -0.3 is 10.6 Å². The van der Waals surface area contributed by atoms with Crippen LogP contribution in [0, 0.1) is 0 Å². The van der Waals surface area contributed by atoms with E-state index in [-0.39, 0.29) is 30.1 Å². The minimum Gasteiger partial charge on any atom is -0.349 e. The van der Waals surface area contributed by atoms with E-state index in [1.54, 1.807) is 31.2 Å². The lowest BCUT2D eigenvalue weighted by atomic mass is 10.1. The van der Waals surface area contributed by atoms with Crippen LogP contribution >= 0.6 is 12.4 Å². The molecule has 0 aromatic heterocycles. The lowest BCUT2D eigenvalue weighted by Crippen LogP contribution is -2.42. The molecule has 1 aromatic rings. The van der Waals surface area contributed by atoms with Gasteiger partial charge in [-0.15, -0.1) is 12.4 Å². The minimum atomic E-state index is -3.41. The van der Waals surface area contributed by atoms with Crippen LogP contribution in [0.2, 0.25) is 0 Å². The second kappa shape index (κ2) is 9.10. The molecule has 2 rings (SSSR count). The Morgan fingerprint density at radius 2 is 1.91 bits per heavy atom. The summed E-state index contributed by atoms with van der Waals surface area (Å²) in [6.07, 6.45) is 2.30. The number of amides is 1. The van der Waals surface area contributed by atoms with E-state index in [1.165, 1.54) is 0 Å². The molecule has 0 spiro atoms. The number of rotatable bonds is 6. The Bertz CT molecular complexity index is 616. The molecule has 1 heterocycles. The maximum Gasteiger partial charge on any atom is 0.253 e. The fourth-order valence-electron chi connectivity index (χ4n) is 2.49. The van der Waals surface area contributed by atoms with Crippen molar-refractivity contribution >= 4 is 34.0 Å². The van der Waals surface area contributed by atoms with Gasteiger partial charge in [0.1, 0.15) is 0 Å². The number of hydrogen-bond acceptors (Lipinski definition) is 4. The van der Waals surface area contributed by atoms with E-state index in [1.807, 2.05) is 0 Å². The molecule has 1 saturated heterocycles. The summed E-state index contributed by atoms with van der Waals surface area (Å²) in [6, 6.07) is 6.83. The van der Waals surface area contributed by atoms with E-state index in [0.717, 1.165) is 25.9 Å². The maximum atomic E-state index is 12.4. The summed E-state index contributed by atoms with van der Waals surface area (Å²) in [6.45, 7) is 3.57. The molecule has 0 saturated carbocycles. The van der Waals surface area contributed by atoms with Crippen molar-refractivity contribution in [1.29, 1.82) is 0 Å². The van der Waals surface area contributed by atoms with Gasteiger partial charge in [-0.1, -0.05) is 19.1 Å². The summed E-state index contributed by atoms with van der Waals surface area (Å²) < 4.78 is 26.3. The van der Waals surface area contributed by atoms with Gasteiger partial charge in [-0.3, -0.25) is 9.52 Å². The van der Waals surface area contributed by atoms with Crippen LogP contribution in [-0.4, -0.2) is 39.2 Å². The molecule has 0 atom stereocenters. The summed E-state index contributed by atoms with van der Waals surface area (Å²) in [5, 5.41) is 6.22. The predicted molar refractivity (Wildman–Crippen MR) is 94.7 cm³/mol. The SMILES string of the molecule is CCCS(=O)(=O)Nc1ccccc1C(=O)NC1CCNCC1.Cl. The van der Waals surface area contributed by atoms with Gasteiger partial charge in [0.05, 0.1) is 17.0 Å². The smallest absolute Gasteiger partial charge is 0.253 e. The summed E-state index contributed by atoms with van der Waals surface area (Å²) in [4.78, 5) is 12.4. The number of sulfonamides is 1. The van der Waals surface area contributed by atoms with Crippen molar-refractivity contribution < 1.29 is 13.2 Å². The lowest BCUT2D eigenvalue weighted by molar-refractivity contribution is 0.0930. The third-order valence-corrected chi connectivity index (χ3v) is 5.06. The average molecular weight is 362 g/mol. The van der Waals surface area contributed by atoms with Gasteiger partial charge in [0.2, 0.25) is 10.0 Å². The predicted octanol–water partition coefficient (Wildman–Crippen LogP) is 1.74. The molecule has 1 fully saturated rings.